The minimum atomic E-state index is 0.417. The second kappa shape index (κ2) is 5.71. The largest absolute Gasteiger partial charge is 0.311 e. The Morgan fingerprint density at radius 1 is 1.53 bits per heavy atom. The van der Waals surface area contributed by atoms with Crippen molar-refractivity contribution in [3.63, 3.8) is 0 Å². The summed E-state index contributed by atoms with van der Waals surface area (Å²) in [5.74, 6) is 0. The second-order valence-electron chi connectivity index (χ2n) is 3.76. The number of likely N-dealkylation sites (N-methyl/N-ethyl adjacent to an activating group) is 1. The SMILES string of the molecule is CCNC(C)/C=C/c1cn(C)nc1CC. The van der Waals surface area contributed by atoms with E-state index in [-0.39, 0.29) is 0 Å². The van der Waals surface area contributed by atoms with Crippen molar-refractivity contribution in [2.45, 2.75) is 33.2 Å². The summed E-state index contributed by atoms with van der Waals surface area (Å²) < 4.78 is 1.87. The lowest BCUT2D eigenvalue weighted by molar-refractivity contribution is 0.663. The fourth-order valence-corrected chi connectivity index (χ4v) is 1.60. The van der Waals surface area contributed by atoms with Crippen LogP contribution in [0.3, 0.4) is 0 Å². The summed E-state index contributed by atoms with van der Waals surface area (Å²) in [4.78, 5) is 0. The lowest BCUT2D eigenvalue weighted by Crippen LogP contribution is -2.22. The van der Waals surface area contributed by atoms with Crippen LogP contribution in [-0.2, 0) is 13.5 Å². The Balaban J connectivity index is 2.70. The molecule has 1 aromatic heterocycles. The molecule has 1 aromatic rings. The molecule has 1 heterocycles. The van der Waals surface area contributed by atoms with Gasteiger partial charge in [-0.1, -0.05) is 26.0 Å². The summed E-state index contributed by atoms with van der Waals surface area (Å²) in [7, 11) is 1.96. The van der Waals surface area contributed by atoms with E-state index in [1.807, 2.05) is 11.7 Å². The molecule has 3 heteroatoms. The number of nitrogens with zero attached hydrogens (tertiary/aromatic N) is 2. The number of hydrogen-bond acceptors (Lipinski definition) is 2. The van der Waals surface area contributed by atoms with Crippen molar-refractivity contribution < 1.29 is 0 Å². The van der Waals surface area contributed by atoms with Gasteiger partial charge in [-0.15, -0.1) is 0 Å². The molecular weight excluding hydrogens is 186 g/mol. The molecular formula is C12H21N3. The van der Waals surface area contributed by atoms with E-state index in [1.165, 1.54) is 5.56 Å². The van der Waals surface area contributed by atoms with Gasteiger partial charge in [0, 0.05) is 24.8 Å². The van der Waals surface area contributed by atoms with Crippen LogP contribution < -0.4 is 5.32 Å². The van der Waals surface area contributed by atoms with Crippen LogP contribution in [0.2, 0.25) is 0 Å². The summed E-state index contributed by atoms with van der Waals surface area (Å²) in [6, 6.07) is 0.417. The number of aromatic nitrogens is 2. The molecule has 0 saturated carbocycles. The standard InChI is InChI=1S/C12H21N3/c1-5-12-11(9-15(4)14-12)8-7-10(3)13-6-2/h7-10,13H,5-6H2,1-4H3/b8-7+. The molecule has 0 aromatic carbocycles. The summed E-state index contributed by atoms with van der Waals surface area (Å²) in [5, 5.41) is 7.74. The van der Waals surface area contributed by atoms with Crippen LogP contribution in [0.1, 0.15) is 32.0 Å². The van der Waals surface area contributed by atoms with Crippen molar-refractivity contribution in [3.8, 4) is 0 Å². The van der Waals surface area contributed by atoms with Gasteiger partial charge in [0.15, 0.2) is 0 Å². The Morgan fingerprint density at radius 2 is 2.27 bits per heavy atom. The van der Waals surface area contributed by atoms with E-state index in [0.717, 1.165) is 18.7 Å². The highest BCUT2D eigenvalue weighted by molar-refractivity contribution is 5.51. The van der Waals surface area contributed by atoms with E-state index < -0.39 is 0 Å². The molecule has 0 aliphatic heterocycles. The molecule has 1 atom stereocenters. The maximum atomic E-state index is 4.40. The first kappa shape index (κ1) is 12.0. The van der Waals surface area contributed by atoms with Gasteiger partial charge in [-0.05, 0) is 19.9 Å². The van der Waals surface area contributed by atoms with Gasteiger partial charge in [-0.2, -0.15) is 5.10 Å². The van der Waals surface area contributed by atoms with Crippen LogP contribution in [0, 0.1) is 0 Å². The molecule has 3 nitrogen and oxygen atoms in total. The van der Waals surface area contributed by atoms with E-state index in [0.29, 0.717) is 6.04 Å². The fourth-order valence-electron chi connectivity index (χ4n) is 1.60. The van der Waals surface area contributed by atoms with Crippen molar-refractivity contribution >= 4 is 6.08 Å². The van der Waals surface area contributed by atoms with E-state index in [4.69, 9.17) is 0 Å². The Labute approximate surface area is 92.2 Å². The Bertz CT molecular complexity index is 326. The molecule has 1 rings (SSSR count). The molecule has 84 valence electrons. The van der Waals surface area contributed by atoms with Gasteiger partial charge < -0.3 is 5.32 Å². The third kappa shape index (κ3) is 3.51. The Kier molecular flexibility index (Phi) is 4.56. The molecule has 0 aliphatic carbocycles. The van der Waals surface area contributed by atoms with Crippen molar-refractivity contribution in [2.75, 3.05) is 6.54 Å². The zero-order valence-electron chi connectivity index (χ0n) is 10.1. The molecule has 15 heavy (non-hydrogen) atoms. The topological polar surface area (TPSA) is 29.9 Å². The first-order chi connectivity index (χ1) is 7.17. The van der Waals surface area contributed by atoms with E-state index in [9.17, 15) is 0 Å². The molecule has 0 bridgehead atoms. The molecule has 0 spiro atoms. The summed E-state index contributed by atoms with van der Waals surface area (Å²) in [5.41, 5.74) is 2.39. The molecule has 1 unspecified atom stereocenters. The Hall–Kier alpha value is -1.09. The predicted molar refractivity (Wildman–Crippen MR) is 64.8 cm³/mol. The summed E-state index contributed by atoms with van der Waals surface area (Å²) in [6.45, 7) is 7.40. The summed E-state index contributed by atoms with van der Waals surface area (Å²) in [6.07, 6.45) is 7.38. The first-order valence-corrected chi connectivity index (χ1v) is 5.61. The number of nitrogens with one attached hydrogen (secondary N) is 1. The smallest absolute Gasteiger partial charge is 0.0693 e. The zero-order valence-corrected chi connectivity index (χ0v) is 10.1. The molecule has 1 N–H and O–H groups in total. The quantitative estimate of drug-likeness (QED) is 0.800. The van der Waals surface area contributed by atoms with Gasteiger partial charge in [-0.25, -0.2) is 0 Å². The van der Waals surface area contributed by atoms with E-state index in [2.05, 4.69) is 49.5 Å². The minimum absolute atomic E-state index is 0.417. The minimum Gasteiger partial charge on any atom is -0.311 e. The van der Waals surface area contributed by atoms with Crippen molar-refractivity contribution in [3.05, 3.63) is 23.5 Å². The van der Waals surface area contributed by atoms with E-state index in [1.54, 1.807) is 0 Å². The van der Waals surface area contributed by atoms with Crippen molar-refractivity contribution in [2.24, 2.45) is 7.05 Å². The van der Waals surface area contributed by atoms with Gasteiger partial charge in [0.1, 0.15) is 0 Å². The monoisotopic (exact) mass is 207 g/mol. The molecule has 0 amide bonds. The highest BCUT2D eigenvalue weighted by atomic mass is 15.2. The summed E-state index contributed by atoms with van der Waals surface area (Å²) >= 11 is 0. The Morgan fingerprint density at radius 3 is 2.87 bits per heavy atom. The lowest BCUT2D eigenvalue weighted by atomic mass is 10.1. The average Bonchev–Trinajstić information content (AvgIpc) is 2.56. The van der Waals surface area contributed by atoms with Crippen LogP contribution in [0.4, 0.5) is 0 Å². The van der Waals surface area contributed by atoms with E-state index >= 15 is 0 Å². The molecule has 0 saturated heterocycles. The predicted octanol–water partition coefficient (Wildman–Crippen LogP) is 1.99. The maximum absolute atomic E-state index is 4.40. The van der Waals surface area contributed by atoms with Gasteiger partial charge in [0.25, 0.3) is 0 Å². The second-order valence-corrected chi connectivity index (χ2v) is 3.76. The van der Waals surface area contributed by atoms with Crippen LogP contribution in [-0.4, -0.2) is 22.4 Å². The molecule has 0 fully saturated rings. The zero-order chi connectivity index (χ0) is 11.3. The third-order valence-electron chi connectivity index (χ3n) is 2.36. The van der Waals surface area contributed by atoms with Gasteiger partial charge in [0.05, 0.1) is 5.69 Å². The lowest BCUT2D eigenvalue weighted by Gasteiger charge is -2.05. The molecule has 0 radical (unpaired) electrons. The van der Waals surface area contributed by atoms with Crippen molar-refractivity contribution in [1.29, 1.82) is 0 Å². The number of hydrogen-bond donors (Lipinski definition) is 1. The molecule has 0 aliphatic rings. The van der Waals surface area contributed by atoms with Crippen LogP contribution in [0.25, 0.3) is 6.08 Å². The van der Waals surface area contributed by atoms with Crippen molar-refractivity contribution in [1.82, 2.24) is 15.1 Å². The van der Waals surface area contributed by atoms with Crippen LogP contribution in [0.15, 0.2) is 12.3 Å². The third-order valence-corrected chi connectivity index (χ3v) is 2.36. The fraction of sp³-hybridized carbons (Fsp3) is 0.583. The highest BCUT2D eigenvalue weighted by Gasteiger charge is 2.02. The highest BCUT2D eigenvalue weighted by Crippen LogP contribution is 2.09. The van der Waals surface area contributed by atoms with Crippen LogP contribution in [0.5, 0.6) is 0 Å². The average molecular weight is 207 g/mol. The van der Waals surface area contributed by atoms with Gasteiger partial charge in [0.2, 0.25) is 0 Å². The van der Waals surface area contributed by atoms with Crippen LogP contribution >= 0.6 is 0 Å². The number of aryl methyl sites for hydroxylation is 2. The number of rotatable bonds is 5. The first-order valence-electron chi connectivity index (χ1n) is 5.61. The normalized spacial score (nSPS) is 13.6. The maximum Gasteiger partial charge on any atom is 0.0693 e. The van der Waals surface area contributed by atoms with Gasteiger partial charge >= 0.3 is 0 Å². The van der Waals surface area contributed by atoms with Gasteiger partial charge in [-0.3, -0.25) is 4.68 Å².